The zero-order valence-corrected chi connectivity index (χ0v) is 13.1. The monoisotopic (exact) mass is 412 g/mol. The van der Waals surface area contributed by atoms with Crippen LogP contribution in [-0.4, -0.2) is 26.2 Å². The van der Waals surface area contributed by atoms with E-state index in [9.17, 15) is 0 Å². The van der Waals surface area contributed by atoms with Gasteiger partial charge >= 0.3 is 0 Å². The summed E-state index contributed by atoms with van der Waals surface area (Å²) in [5.74, 6) is 5.89. The number of hydrazine groups is 1. The summed E-state index contributed by atoms with van der Waals surface area (Å²) >= 11 is 5.70. The molecule has 0 atom stereocenters. The molecule has 17 heavy (non-hydrogen) atoms. The fourth-order valence-electron chi connectivity index (χ4n) is 1.09. The number of rotatable bonds is 4. The van der Waals surface area contributed by atoms with Crippen LogP contribution in [0.3, 0.4) is 0 Å². The highest BCUT2D eigenvalue weighted by atomic mass is 127. The van der Waals surface area contributed by atoms with Gasteiger partial charge in [-0.15, -0.1) is 0 Å². The Morgan fingerprint density at radius 2 is 2.35 bits per heavy atom. The summed E-state index contributed by atoms with van der Waals surface area (Å²) in [7, 11) is 1.63. The maximum Gasteiger partial charge on any atom is 0.210 e. The Balaban J connectivity index is 2.73. The second-order valence-corrected chi connectivity index (χ2v) is 5.22. The van der Waals surface area contributed by atoms with Gasteiger partial charge < -0.3 is 10.1 Å². The van der Waals surface area contributed by atoms with Gasteiger partial charge in [0.1, 0.15) is 0 Å². The summed E-state index contributed by atoms with van der Waals surface area (Å²) < 4.78 is 6.99. The molecular weight excluding hydrogens is 399 g/mol. The maximum atomic E-state index is 5.39. The van der Waals surface area contributed by atoms with Crippen molar-refractivity contribution in [3.63, 3.8) is 0 Å². The number of halogens is 2. The molecule has 0 saturated heterocycles. The van der Waals surface area contributed by atoms with E-state index in [1.165, 1.54) is 0 Å². The number of methoxy groups -OCH3 is 1. The first-order valence-corrected chi connectivity index (χ1v) is 6.76. The maximum absolute atomic E-state index is 5.39. The molecule has 0 radical (unpaired) electrons. The van der Waals surface area contributed by atoms with E-state index in [4.69, 9.17) is 10.6 Å². The average Bonchev–Trinajstić information content (AvgIpc) is 2.32. The smallest absolute Gasteiger partial charge is 0.210 e. The molecule has 0 bridgehead atoms. The Morgan fingerprint density at radius 1 is 1.59 bits per heavy atom. The van der Waals surface area contributed by atoms with Crippen LogP contribution in [0.5, 0.6) is 0 Å². The van der Waals surface area contributed by atoms with E-state index in [2.05, 4.69) is 54.3 Å². The lowest BCUT2D eigenvalue weighted by Crippen LogP contribution is -2.36. The molecule has 1 aromatic carbocycles. The van der Waals surface area contributed by atoms with Crippen molar-refractivity contribution in [2.75, 3.05) is 25.6 Å². The molecule has 5 nitrogen and oxygen atoms in total. The molecule has 4 N–H and O–H groups in total. The molecule has 0 saturated carbocycles. The van der Waals surface area contributed by atoms with Crippen LogP contribution in [0, 0.1) is 3.57 Å². The summed E-state index contributed by atoms with van der Waals surface area (Å²) in [6.45, 7) is 1.10. The molecule has 0 amide bonds. The zero-order valence-electron chi connectivity index (χ0n) is 9.34. The summed E-state index contributed by atoms with van der Waals surface area (Å²) in [5.41, 5.74) is 3.42. The van der Waals surface area contributed by atoms with Gasteiger partial charge in [0.05, 0.1) is 18.8 Å². The quantitative estimate of drug-likeness (QED) is 0.176. The fourth-order valence-corrected chi connectivity index (χ4v) is 1.93. The summed E-state index contributed by atoms with van der Waals surface area (Å²) in [6, 6.07) is 5.97. The zero-order chi connectivity index (χ0) is 12.7. The van der Waals surface area contributed by atoms with E-state index in [1.54, 1.807) is 7.11 Å². The van der Waals surface area contributed by atoms with Crippen LogP contribution in [0.25, 0.3) is 0 Å². The minimum Gasteiger partial charge on any atom is -0.383 e. The fraction of sp³-hybridized carbons (Fsp3) is 0.300. The molecule has 0 spiro atoms. The third-order valence-corrected chi connectivity index (χ3v) is 3.25. The molecular formula is C10H14BrIN4O. The highest BCUT2D eigenvalue weighted by Gasteiger charge is 2.03. The van der Waals surface area contributed by atoms with Gasteiger partial charge in [0, 0.05) is 15.2 Å². The number of anilines is 1. The topological polar surface area (TPSA) is 71.7 Å². The van der Waals surface area contributed by atoms with Crippen molar-refractivity contribution in [1.82, 2.24) is 5.43 Å². The predicted molar refractivity (Wildman–Crippen MR) is 82.0 cm³/mol. The van der Waals surface area contributed by atoms with Crippen LogP contribution >= 0.6 is 38.5 Å². The molecule has 0 unspecified atom stereocenters. The van der Waals surface area contributed by atoms with Gasteiger partial charge in [-0.3, -0.25) is 5.43 Å². The van der Waals surface area contributed by atoms with Gasteiger partial charge in [0.25, 0.3) is 0 Å². The second kappa shape index (κ2) is 7.85. The van der Waals surface area contributed by atoms with Crippen molar-refractivity contribution in [2.24, 2.45) is 10.8 Å². The van der Waals surface area contributed by atoms with Crippen LogP contribution < -0.4 is 16.6 Å². The van der Waals surface area contributed by atoms with Crippen molar-refractivity contribution in [3.05, 3.63) is 26.2 Å². The third-order valence-electron chi connectivity index (χ3n) is 1.88. The Bertz CT molecular complexity index is 400. The Kier molecular flexibility index (Phi) is 6.78. The number of hydrogen-bond acceptors (Lipinski definition) is 3. The van der Waals surface area contributed by atoms with Crippen molar-refractivity contribution in [3.8, 4) is 0 Å². The third kappa shape index (κ3) is 5.19. The first-order chi connectivity index (χ1) is 8.17. The number of benzene rings is 1. The number of nitrogens with one attached hydrogen (secondary N) is 2. The lowest BCUT2D eigenvalue weighted by atomic mass is 10.3. The van der Waals surface area contributed by atoms with Crippen LogP contribution in [0.4, 0.5) is 5.69 Å². The highest BCUT2D eigenvalue weighted by molar-refractivity contribution is 14.1. The van der Waals surface area contributed by atoms with Crippen LogP contribution in [-0.2, 0) is 4.74 Å². The molecule has 0 aromatic heterocycles. The van der Waals surface area contributed by atoms with Gasteiger partial charge in [-0.2, -0.15) is 0 Å². The van der Waals surface area contributed by atoms with Crippen LogP contribution in [0.15, 0.2) is 27.7 Å². The minimum atomic E-state index is 0.504. The SMILES string of the molecule is COCCN=C(NN)Nc1cc(I)ccc1Br. The Morgan fingerprint density at radius 3 is 3.00 bits per heavy atom. The van der Waals surface area contributed by atoms with E-state index >= 15 is 0 Å². The lowest BCUT2D eigenvalue weighted by Gasteiger charge is -2.11. The summed E-state index contributed by atoms with van der Waals surface area (Å²) in [4.78, 5) is 4.22. The standard InChI is InChI=1S/C10H14BrIN4O/c1-17-5-4-14-10(16-13)15-9-6-7(12)2-3-8(9)11/h2-3,6H,4-5,13H2,1H3,(H2,14,15,16). The lowest BCUT2D eigenvalue weighted by molar-refractivity contribution is 0.208. The average molecular weight is 413 g/mol. The minimum absolute atomic E-state index is 0.504. The van der Waals surface area contributed by atoms with Crippen LogP contribution in [0.2, 0.25) is 0 Å². The molecule has 0 aliphatic rings. The van der Waals surface area contributed by atoms with Crippen molar-refractivity contribution in [1.29, 1.82) is 0 Å². The van der Waals surface area contributed by atoms with Gasteiger partial charge in [0.2, 0.25) is 5.96 Å². The summed E-state index contributed by atoms with van der Waals surface area (Å²) in [5, 5.41) is 3.10. The first-order valence-electron chi connectivity index (χ1n) is 4.89. The number of hydrogen-bond donors (Lipinski definition) is 3. The van der Waals surface area contributed by atoms with Gasteiger partial charge in [-0.05, 0) is 56.7 Å². The van der Waals surface area contributed by atoms with Gasteiger partial charge in [-0.25, -0.2) is 10.8 Å². The molecule has 1 aromatic rings. The molecule has 0 heterocycles. The predicted octanol–water partition coefficient (Wildman–Crippen LogP) is 1.93. The highest BCUT2D eigenvalue weighted by Crippen LogP contribution is 2.24. The van der Waals surface area contributed by atoms with E-state index in [0.29, 0.717) is 19.1 Å². The number of aliphatic imine (C=N–C) groups is 1. The van der Waals surface area contributed by atoms with Gasteiger partial charge in [-0.1, -0.05) is 0 Å². The van der Waals surface area contributed by atoms with E-state index < -0.39 is 0 Å². The number of nitrogens with zero attached hydrogens (tertiary/aromatic N) is 1. The largest absolute Gasteiger partial charge is 0.383 e. The number of guanidine groups is 1. The van der Waals surface area contributed by atoms with Gasteiger partial charge in [0.15, 0.2) is 0 Å². The molecule has 7 heteroatoms. The number of ether oxygens (including phenoxy) is 1. The van der Waals surface area contributed by atoms with Crippen LogP contribution in [0.1, 0.15) is 0 Å². The number of nitrogens with two attached hydrogens (primary N) is 1. The Hall–Kier alpha value is -0.380. The van der Waals surface area contributed by atoms with E-state index in [-0.39, 0.29) is 0 Å². The molecule has 1 rings (SSSR count). The Labute approximate surface area is 122 Å². The molecule has 0 fully saturated rings. The molecule has 94 valence electrons. The normalized spacial score (nSPS) is 11.4. The first kappa shape index (κ1) is 14.7. The second-order valence-electron chi connectivity index (χ2n) is 3.12. The molecule has 0 aliphatic carbocycles. The van der Waals surface area contributed by atoms with Crippen molar-refractivity contribution >= 4 is 50.2 Å². The van der Waals surface area contributed by atoms with E-state index in [0.717, 1.165) is 13.7 Å². The summed E-state index contributed by atoms with van der Waals surface area (Å²) in [6.07, 6.45) is 0. The van der Waals surface area contributed by atoms with Crippen molar-refractivity contribution in [2.45, 2.75) is 0 Å². The van der Waals surface area contributed by atoms with E-state index in [1.807, 2.05) is 18.2 Å². The van der Waals surface area contributed by atoms with Crippen molar-refractivity contribution < 1.29 is 4.74 Å². The molecule has 0 aliphatic heterocycles.